The van der Waals surface area contributed by atoms with Crippen molar-refractivity contribution < 1.29 is 19.8 Å². The molecular formula is C25H50O4. The molecule has 0 aromatic rings. The minimum atomic E-state index is -0.659. The highest BCUT2D eigenvalue weighted by atomic mass is 16.4. The summed E-state index contributed by atoms with van der Waals surface area (Å²) in [6.45, 7) is 6.25. The van der Waals surface area contributed by atoms with Crippen LogP contribution in [0.1, 0.15) is 143 Å². The van der Waals surface area contributed by atoms with Crippen LogP contribution in [-0.4, -0.2) is 22.2 Å². The van der Waals surface area contributed by atoms with E-state index >= 15 is 0 Å². The molecule has 0 bridgehead atoms. The van der Waals surface area contributed by atoms with Gasteiger partial charge in [-0.15, -0.1) is 0 Å². The zero-order valence-corrected chi connectivity index (χ0v) is 19.7. The topological polar surface area (TPSA) is 74.6 Å². The summed E-state index contributed by atoms with van der Waals surface area (Å²) in [4.78, 5) is 20.7. The van der Waals surface area contributed by atoms with Crippen LogP contribution in [-0.2, 0) is 9.59 Å². The fourth-order valence-corrected chi connectivity index (χ4v) is 3.29. The van der Waals surface area contributed by atoms with Gasteiger partial charge in [0, 0.05) is 6.42 Å². The van der Waals surface area contributed by atoms with E-state index in [0.29, 0.717) is 6.42 Å². The Hall–Kier alpha value is -1.06. The van der Waals surface area contributed by atoms with Crippen molar-refractivity contribution in [1.29, 1.82) is 0 Å². The molecule has 2 N–H and O–H groups in total. The molecule has 0 aliphatic carbocycles. The monoisotopic (exact) mass is 414 g/mol. The minimum absolute atomic E-state index is 0.162. The van der Waals surface area contributed by atoms with Crippen molar-refractivity contribution in [3.8, 4) is 0 Å². The zero-order valence-electron chi connectivity index (χ0n) is 19.7. The predicted octanol–water partition coefficient (Wildman–Crippen LogP) is 8.23. The second-order valence-corrected chi connectivity index (χ2v) is 8.47. The number of carbonyl (C=O) groups is 2. The summed E-state index contributed by atoms with van der Waals surface area (Å²) in [6, 6.07) is 0. The fourth-order valence-electron chi connectivity index (χ4n) is 3.29. The highest BCUT2D eigenvalue weighted by Gasteiger charge is 2.09. The lowest BCUT2D eigenvalue weighted by atomic mass is 10.0. The minimum Gasteiger partial charge on any atom is -0.481 e. The smallest absolute Gasteiger partial charge is 0.306 e. The van der Waals surface area contributed by atoms with Crippen LogP contribution in [0.3, 0.4) is 0 Å². The first-order valence-corrected chi connectivity index (χ1v) is 12.4. The van der Waals surface area contributed by atoms with E-state index in [1.807, 2.05) is 0 Å². The van der Waals surface area contributed by atoms with Crippen molar-refractivity contribution in [3.05, 3.63) is 0 Å². The van der Waals surface area contributed by atoms with Gasteiger partial charge in [-0.05, 0) is 12.8 Å². The Bertz CT molecular complexity index is 355. The summed E-state index contributed by atoms with van der Waals surface area (Å²) in [7, 11) is 0. The second kappa shape index (κ2) is 25.0. The van der Waals surface area contributed by atoms with Gasteiger partial charge in [0.25, 0.3) is 0 Å². The third-order valence-electron chi connectivity index (χ3n) is 5.41. The SMILES string of the molecule is CCCCCCCCCCC(C)C(=O)O.CCCCCCCCCCCC(=O)O. The molecule has 174 valence electrons. The average molecular weight is 415 g/mol. The quantitative estimate of drug-likeness (QED) is 0.197. The number of carboxylic acid groups (broad SMARTS) is 2. The highest BCUT2D eigenvalue weighted by Crippen LogP contribution is 2.13. The van der Waals surface area contributed by atoms with Crippen molar-refractivity contribution in [1.82, 2.24) is 0 Å². The Kier molecular flexibility index (Phi) is 26.0. The maximum Gasteiger partial charge on any atom is 0.306 e. The van der Waals surface area contributed by atoms with Crippen LogP contribution in [0.15, 0.2) is 0 Å². The zero-order chi connectivity index (χ0) is 22.2. The molecule has 0 amide bonds. The van der Waals surface area contributed by atoms with Crippen LogP contribution in [0, 0.1) is 5.92 Å². The van der Waals surface area contributed by atoms with Crippen molar-refractivity contribution in [2.24, 2.45) is 5.92 Å². The molecule has 1 unspecified atom stereocenters. The van der Waals surface area contributed by atoms with Crippen molar-refractivity contribution in [2.45, 2.75) is 143 Å². The fraction of sp³-hybridized carbons (Fsp3) is 0.920. The molecule has 0 aromatic carbocycles. The van der Waals surface area contributed by atoms with E-state index in [9.17, 15) is 9.59 Å². The summed E-state index contributed by atoms with van der Waals surface area (Å²) in [5, 5.41) is 17.1. The lowest BCUT2D eigenvalue weighted by molar-refractivity contribution is -0.141. The van der Waals surface area contributed by atoms with E-state index in [4.69, 9.17) is 10.2 Å². The summed E-state index contributed by atoms with van der Waals surface area (Å²) in [6.07, 6.45) is 22.6. The first-order chi connectivity index (χ1) is 14.0. The Balaban J connectivity index is 0. The molecule has 4 nitrogen and oxygen atoms in total. The Morgan fingerprint density at radius 1 is 0.586 bits per heavy atom. The highest BCUT2D eigenvalue weighted by molar-refractivity contribution is 5.69. The number of hydrogen-bond donors (Lipinski definition) is 2. The molecule has 0 fully saturated rings. The summed E-state index contributed by atoms with van der Waals surface area (Å²) in [5.74, 6) is -1.48. The Morgan fingerprint density at radius 2 is 0.931 bits per heavy atom. The first-order valence-electron chi connectivity index (χ1n) is 12.4. The van der Waals surface area contributed by atoms with Crippen molar-refractivity contribution >= 4 is 11.9 Å². The van der Waals surface area contributed by atoms with Gasteiger partial charge in [-0.1, -0.05) is 124 Å². The third-order valence-corrected chi connectivity index (χ3v) is 5.41. The van der Waals surface area contributed by atoms with Crippen LogP contribution in [0.5, 0.6) is 0 Å². The van der Waals surface area contributed by atoms with Crippen LogP contribution in [0.2, 0.25) is 0 Å². The second-order valence-electron chi connectivity index (χ2n) is 8.47. The maximum absolute atomic E-state index is 10.5. The van der Waals surface area contributed by atoms with Gasteiger partial charge in [0.2, 0.25) is 0 Å². The number of hydrogen-bond acceptors (Lipinski definition) is 2. The summed E-state index contributed by atoms with van der Waals surface area (Å²) < 4.78 is 0. The normalized spacial score (nSPS) is 11.6. The molecule has 0 heterocycles. The van der Waals surface area contributed by atoms with Crippen molar-refractivity contribution in [3.63, 3.8) is 0 Å². The first kappa shape index (κ1) is 30.1. The molecule has 29 heavy (non-hydrogen) atoms. The van der Waals surface area contributed by atoms with Crippen LogP contribution < -0.4 is 0 Å². The van der Waals surface area contributed by atoms with E-state index in [2.05, 4.69) is 13.8 Å². The largest absolute Gasteiger partial charge is 0.481 e. The van der Waals surface area contributed by atoms with Gasteiger partial charge in [-0.3, -0.25) is 9.59 Å². The van der Waals surface area contributed by atoms with Gasteiger partial charge in [-0.25, -0.2) is 0 Å². The van der Waals surface area contributed by atoms with Gasteiger partial charge < -0.3 is 10.2 Å². The number of aliphatic carboxylic acids is 2. The van der Waals surface area contributed by atoms with Crippen LogP contribution in [0.4, 0.5) is 0 Å². The van der Waals surface area contributed by atoms with Gasteiger partial charge in [0.05, 0.1) is 5.92 Å². The Labute approximate surface area is 180 Å². The van der Waals surface area contributed by atoms with Gasteiger partial charge in [-0.2, -0.15) is 0 Å². The predicted molar refractivity (Wildman–Crippen MR) is 124 cm³/mol. The van der Waals surface area contributed by atoms with Gasteiger partial charge in [0.1, 0.15) is 0 Å². The lowest BCUT2D eigenvalue weighted by Crippen LogP contribution is -2.08. The number of carboxylic acids is 2. The average Bonchev–Trinajstić information content (AvgIpc) is 2.68. The molecule has 4 heteroatoms. The molecule has 0 radical (unpaired) electrons. The lowest BCUT2D eigenvalue weighted by Gasteiger charge is -2.05. The Morgan fingerprint density at radius 3 is 1.28 bits per heavy atom. The molecule has 0 spiro atoms. The van der Waals surface area contributed by atoms with Crippen LogP contribution in [0.25, 0.3) is 0 Å². The molecule has 0 aromatic heterocycles. The van der Waals surface area contributed by atoms with Crippen LogP contribution >= 0.6 is 0 Å². The molecule has 1 atom stereocenters. The molecule has 0 rings (SSSR count). The molecule has 0 saturated carbocycles. The van der Waals surface area contributed by atoms with E-state index in [0.717, 1.165) is 25.7 Å². The van der Waals surface area contributed by atoms with E-state index < -0.39 is 11.9 Å². The molecular weight excluding hydrogens is 364 g/mol. The van der Waals surface area contributed by atoms with Crippen molar-refractivity contribution in [2.75, 3.05) is 0 Å². The van der Waals surface area contributed by atoms with Gasteiger partial charge in [0.15, 0.2) is 0 Å². The van der Waals surface area contributed by atoms with E-state index in [-0.39, 0.29) is 5.92 Å². The number of rotatable bonds is 20. The summed E-state index contributed by atoms with van der Waals surface area (Å²) in [5.41, 5.74) is 0. The summed E-state index contributed by atoms with van der Waals surface area (Å²) >= 11 is 0. The molecule has 0 aliphatic rings. The standard InChI is InChI=1S/C13H26O2.C12H24O2/c1-3-4-5-6-7-8-9-10-11-12(2)13(14)15;1-2-3-4-5-6-7-8-9-10-11-12(13)14/h12H,3-11H2,1-2H3,(H,14,15);2-11H2,1H3,(H,13,14). The molecule has 0 aliphatic heterocycles. The van der Waals surface area contributed by atoms with E-state index in [1.54, 1.807) is 6.92 Å². The third kappa shape index (κ3) is 29.2. The van der Waals surface area contributed by atoms with Gasteiger partial charge >= 0.3 is 11.9 Å². The maximum atomic E-state index is 10.5. The number of unbranched alkanes of at least 4 members (excludes halogenated alkanes) is 15. The van der Waals surface area contributed by atoms with E-state index in [1.165, 1.54) is 89.9 Å². The molecule has 0 saturated heterocycles.